The Morgan fingerprint density at radius 3 is 2.37 bits per heavy atom. The molecule has 0 spiro atoms. The van der Waals surface area contributed by atoms with Gasteiger partial charge in [0.2, 0.25) is 18.6 Å². The maximum absolute atomic E-state index is 13.6. The highest BCUT2D eigenvalue weighted by Gasteiger charge is 2.40. The predicted octanol–water partition coefficient (Wildman–Crippen LogP) is 5.45. The summed E-state index contributed by atoms with van der Waals surface area (Å²) in [5.74, 6) is -0.734. The van der Waals surface area contributed by atoms with Crippen molar-refractivity contribution in [2.75, 3.05) is 17.0 Å². The third-order valence-corrected chi connectivity index (χ3v) is 8.42. The Kier molecular flexibility index (Phi) is 8.66. The average molecular weight is 634 g/mol. The normalized spacial score (nSPS) is 15.5. The molecule has 0 unspecified atom stereocenters. The van der Waals surface area contributed by atoms with Crippen LogP contribution in [0.4, 0.5) is 11.4 Å². The number of benzene rings is 4. The molecule has 1 fully saturated rings. The third kappa shape index (κ3) is 6.69. The van der Waals surface area contributed by atoms with E-state index in [2.05, 4.69) is 10.6 Å². The van der Waals surface area contributed by atoms with Crippen LogP contribution in [-0.4, -0.2) is 41.5 Å². The van der Waals surface area contributed by atoms with E-state index in [1.54, 1.807) is 97.1 Å². The minimum Gasteiger partial charge on any atom is -0.454 e. The predicted molar refractivity (Wildman–Crippen MR) is 173 cm³/mol. The van der Waals surface area contributed by atoms with E-state index in [9.17, 15) is 24.0 Å². The molecule has 0 saturated carbocycles. The molecule has 46 heavy (non-hydrogen) atoms. The summed E-state index contributed by atoms with van der Waals surface area (Å²) in [6, 6.07) is 26.9. The van der Waals surface area contributed by atoms with Gasteiger partial charge >= 0.3 is 0 Å². The first-order chi connectivity index (χ1) is 22.2. The van der Waals surface area contributed by atoms with Gasteiger partial charge in [-0.25, -0.2) is 4.90 Å². The number of Topliss-reactive ketones (excluding diaryl/α,β-unsaturated/α-hetero) is 1. The van der Waals surface area contributed by atoms with E-state index in [0.717, 1.165) is 4.90 Å². The molecule has 11 heteroatoms. The van der Waals surface area contributed by atoms with Crippen LogP contribution in [0.3, 0.4) is 0 Å². The van der Waals surface area contributed by atoms with E-state index in [-0.39, 0.29) is 36.5 Å². The first-order valence-corrected chi connectivity index (χ1v) is 15.2. The fourth-order valence-electron chi connectivity index (χ4n) is 4.93. The van der Waals surface area contributed by atoms with Gasteiger partial charge in [0.15, 0.2) is 17.3 Å². The molecule has 0 radical (unpaired) electrons. The zero-order chi connectivity index (χ0) is 32.2. The molecule has 4 aromatic carbocycles. The number of hydrogen-bond donors (Lipinski definition) is 2. The monoisotopic (exact) mass is 633 g/mol. The summed E-state index contributed by atoms with van der Waals surface area (Å²) in [5.41, 5.74) is 2.30. The highest BCUT2D eigenvalue weighted by Crippen LogP contribution is 2.35. The SMILES string of the molecule is CC(=O)c1ccc(N2C(=O)C[C@@H](Sc3cccc(NC(=O)/C(=C/c4ccc5c(c4)OCO5)NC(=O)c4ccccc4)c3)C2=O)cc1. The molecule has 2 heterocycles. The third-order valence-electron chi connectivity index (χ3n) is 7.24. The molecule has 2 aliphatic rings. The first-order valence-electron chi connectivity index (χ1n) is 14.3. The lowest BCUT2D eigenvalue weighted by molar-refractivity contribution is -0.121. The number of nitrogens with zero attached hydrogens (tertiary/aromatic N) is 1. The molecule has 1 atom stereocenters. The van der Waals surface area contributed by atoms with Crippen LogP contribution in [-0.2, 0) is 14.4 Å². The highest BCUT2D eigenvalue weighted by molar-refractivity contribution is 8.00. The second-order valence-corrected chi connectivity index (χ2v) is 11.7. The standard InChI is InChI=1S/C35H27N3O7S/c1-21(39)23-11-13-26(14-12-23)38-32(40)19-31(35(38)43)46-27-9-5-8-25(18-27)36-34(42)28(37-33(41)24-6-3-2-4-7-24)16-22-10-15-29-30(17-22)45-20-44-29/h2-18,31H,19-20H2,1H3,(H,36,42)(H,37,41)/b28-16-/t31-/m1/s1. The van der Waals surface area contributed by atoms with Crippen molar-refractivity contribution in [2.45, 2.75) is 23.5 Å². The van der Waals surface area contributed by atoms with Crippen molar-refractivity contribution in [3.05, 3.63) is 119 Å². The Morgan fingerprint density at radius 2 is 1.61 bits per heavy atom. The number of fused-ring (bicyclic) bond motifs is 1. The topological polar surface area (TPSA) is 131 Å². The molecule has 4 aromatic rings. The fraction of sp³-hybridized carbons (Fsp3) is 0.114. The van der Waals surface area contributed by atoms with Crippen LogP contribution in [0.5, 0.6) is 11.5 Å². The van der Waals surface area contributed by atoms with Crippen molar-refractivity contribution in [2.24, 2.45) is 0 Å². The van der Waals surface area contributed by atoms with E-state index in [1.807, 2.05) is 0 Å². The van der Waals surface area contributed by atoms with E-state index in [0.29, 0.717) is 44.5 Å². The summed E-state index contributed by atoms with van der Waals surface area (Å²) in [5, 5.41) is 4.87. The number of hydrogen-bond acceptors (Lipinski definition) is 8. The molecular weight excluding hydrogens is 606 g/mol. The number of amides is 4. The molecule has 0 aromatic heterocycles. The number of carbonyl (C=O) groups excluding carboxylic acids is 5. The van der Waals surface area contributed by atoms with Gasteiger partial charge in [0.05, 0.1) is 10.9 Å². The van der Waals surface area contributed by atoms with Crippen LogP contribution in [0.1, 0.15) is 39.6 Å². The van der Waals surface area contributed by atoms with Crippen LogP contribution < -0.4 is 25.0 Å². The minimum atomic E-state index is -0.669. The van der Waals surface area contributed by atoms with E-state index in [1.165, 1.54) is 24.8 Å². The number of carbonyl (C=O) groups is 5. The number of anilines is 2. The lowest BCUT2D eigenvalue weighted by Crippen LogP contribution is -2.31. The molecule has 2 aliphatic heterocycles. The molecule has 1 saturated heterocycles. The lowest BCUT2D eigenvalue weighted by Gasteiger charge is -2.15. The van der Waals surface area contributed by atoms with Gasteiger partial charge in [-0.15, -0.1) is 11.8 Å². The zero-order valence-corrected chi connectivity index (χ0v) is 25.3. The molecule has 0 bridgehead atoms. The van der Waals surface area contributed by atoms with Gasteiger partial charge in [-0.1, -0.05) is 30.3 Å². The minimum absolute atomic E-state index is 0.00246. The van der Waals surface area contributed by atoms with Crippen molar-refractivity contribution in [3.8, 4) is 11.5 Å². The van der Waals surface area contributed by atoms with Gasteiger partial charge in [-0.2, -0.15) is 0 Å². The Labute approximate surface area is 268 Å². The second-order valence-electron chi connectivity index (χ2n) is 10.5. The van der Waals surface area contributed by atoms with E-state index >= 15 is 0 Å². The van der Waals surface area contributed by atoms with Crippen molar-refractivity contribution in [1.82, 2.24) is 5.32 Å². The van der Waals surface area contributed by atoms with Gasteiger partial charge in [0.25, 0.3) is 11.8 Å². The number of thioether (sulfide) groups is 1. The maximum atomic E-state index is 13.6. The molecular formula is C35H27N3O7S. The smallest absolute Gasteiger partial charge is 0.272 e. The summed E-state index contributed by atoms with van der Waals surface area (Å²) >= 11 is 1.21. The van der Waals surface area contributed by atoms with Gasteiger partial charge < -0.3 is 20.1 Å². The molecule has 6 rings (SSSR count). The van der Waals surface area contributed by atoms with Crippen LogP contribution in [0.25, 0.3) is 6.08 Å². The lowest BCUT2D eigenvalue weighted by atomic mass is 10.1. The maximum Gasteiger partial charge on any atom is 0.272 e. The Balaban J connectivity index is 1.18. The number of imide groups is 1. The van der Waals surface area contributed by atoms with E-state index < -0.39 is 17.1 Å². The number of ketones is 1. The molecule has 10 nitrogen and oxygen atoms in total. The van der Waals surface area contributed by atoms with Gasteiger partial charge in [0, 0.05) is 28.1 Å². The first kappa shape index (κ1) is 30.4. The van der Waals surface area contributed by atoms with Crippen LogP contribution in [0.15, 0.2) is 108 Å². The van der Waals surface area contributed by atoms with Crippen molar-refractivity contribution in [3.63, 3.8) is 0 Å². The van der Waals surface area contributed by atoms with Crippen molar-refractivity contribution >= 4 is 58.6 Å². The molecule has 4 amide bonds. The Hall–Kier alpha value is -5.68. The summed E-state index contributed by atoms with van der Waals surface area (Å²) in [6.07, 6.45) is 1.54. The summed E-state index contributed by atoms with van der Waals surface area (Å²) < 4.78 is 10.8. The van der Waals surface area contributed by atoms with Gasteiger partial charge in [0.1, 0.15) is 5.70 Å². The van der Waals surface area contributed by atoms with Crippen molar-refractivity contribution < 1.29 is 33.4 Å². The second kappa shape index (κ2) is 13.1. The fourth-order valence-corrected chi connectivity index (χ4v) is 6.05. The highest BCUT2D eigenvalue weighted by atomic mass is 32.2. The van der Waals surface area contributed by atoms with Gasteiger partial charge in [-0.3, -0.25) is 24.0 Å². The Bertz CT molecular complexity index is 1890. The number of ether oxygens (including phenoxy) is 2. The zero-order valence-electron chi connectivity index (χ0n) is 24.5. The molecule has 230 valence electrons. The van der Waals surface area contributed by atoms with Crippen LogP contribution in [0, 0.1) is 0 Å². The summed E-state index contributed by atoms with van der Waals surface area (Å²) in [7, 11) is 0. The summed E-state index contributed by atoms with van der Waals surface area (Å²) in [6.45, 7) is 1.55. The van der Waals surface area contributed by atoms with Crippen LogP contribution >= 0.6 is 11.8 Å². The quantitative estimate of drug-likeness (QED) is 0.141. The molecule has 2 N–H and O–H groups in total. The van der Waals surface area contributed by atoms with Crippen LogP contribution in [0.2, 0.25) is 0 Å². The average Bonchev–Trinajstić information content (AvgIpc) is 3.64. The number of rotatable bonds is 9. The Morgan fingerprint density at radius 1 is 0.848 bits per heavy atom. The largest absolute Gasteiger partial charge is 0.454 e. The van der Waals surface area contributed by atoms with Crippen molar-refractivity contribution in [1.29, 1.82) is 0 Å². The summed E-state index contributed by atoms with van der Waals surface area (Å²) in [4.78, 5) is 66.0. The molecule has 0 aliphatic carbocycles. The van der Waals surface area contributed by atoms with Gasteiger partial charge in [-0.05, 0) is 85.3 Å². The van der Waals surface area contributed by atoms with E-state index in [4.69, 9.17) is 9.47 Å². The number of nitrogens with one attached hydrogen (secondary N) is 2.